The van der Waals surface area contributed by atoms with Gasteiger partial charge in [-0.25, -0.2) is 0 Å². The van der Waals surface area contributed by atoms with Crippen LogP contribution >= 0.6 is 21.0 Å². The van der Waals surface area contributed by atoms with Crippen molar-refractivity contribution in [1.82, 2.24) is 0 Å². The fourth-order valence-corrected chi connectivity index (χ4v) is 5.10. The zero-order valence-electron chi connectivity index (χ0n) is 18.4. The fourth-order valence-electron chi connectivity index (χ4n) is 3.68. The molecule has 0 aliphatic carbocycles. The highest BCUT2D eigenvalue weighted by Crippen LogP contribution is 2.41. The number of rotatable bonds is 17. The van der Waals surface area contributed by atoms with E-state index in [1.54, 1.807) is 0 Å². The van der Waals surface area contributed by atoms with Gasteiger partial charge in [0.25, 0.3) is 0 Å². The van der Waals surface area contributed by atoms with Crippen LogP contribution in [0.15, 0.2) is 30.3 Å². The molecule has 0 aromatic heterocycles. The van der Waals surface area contributed by atoms with E-state index in [4.69, 9.17) is 0 Å². The van der Waals surface area contributed by atoms with Gasteiger partial charge in [0.05, 0.1) is 0 Å². The van der Waals surface area contributed by atoms with Gasteiger partial charge in [-0.1, -0.05) is 135 Å². The Morgan fingerprint density at radius 3 is 1.48 bits per heavy atom. The first-order valence-corrected chi connectivity index (χ1v) is 12.7. The minimum Gasteiger partial charge on any atom is -0.147 e. The lowest BCUT2D eigenvalue weighted by molar-refractivity contribution is 0.538. The Labute approximate surface area is 178 Å². The van der Waals surface area contributed by atoms with Gasteiger partial charge in [-0.15, -0.1) is 21.0 Å². The van der Waals surface area contributed by atoms with Crippen molar-refractivity contribution in [3.8, 4) is 0 Å². The van der Waals surface area contributed by atoms with Crippen molar-refractivity contribution in [1.29, 1.82) is 0 Å². The Hall–Kier alpha value is -0.0600. The van der Waals surface area contributed by atoms with E-state index in [-0.39, 0.29) is 12.4 Å². The molecule has 0 aliphatic rings. The highest BCUT2D eigenvalue weighted by molar-refractivity contribution is 7.39. The molecule has 0 amide bonds. The number of halogens is 1. The molecule has 0 N–H and O–H groups in total. The van der Waals surface area contributed by atoms with Crippen LogP contribution in [0.3, 0.4) is 0 Å². The second-order valence-corrected chi connectivity index (χ2v) is 10.6. The number of hydrogen-bond donors (Lipinski definition) is 0. The largest absolute Gasteiger partial charge is 0.147 e. The molecule has 1 aromatic rings. The summed E-state index contributed by atoms with van der Waals surface area (Å²) in [7, 11) is 1.05. The second kappa shape index (κ2) is 18.0. The van der Waals surface area contributed by atoms with Crippen molar-refractivity contribution in [2.24, 2.45) is 0 Å². The van der Waals surface area contributed by atoms with Crippen molar-refractivity contribution in [2.75, 3.05) is 6.16 Å². The van der Waals surface area contributed by atoms with Gasteiger partial charge in [0.1, 0.15) is 0 Å². The molecule has 0 saturated carbocycles. The first-order chi connectivity index (χ1) is 12.7. The summed E-state index contributed by atoms with van der Waals surface area (Å²) in [5, 5.41) is 0.359. The summed E-state index contributed by atoms with van der Waals surface area (Å²) in [6.07, 6.45) is 21.7. The third-order valence-electron chi connectivity index (χ3n) is 5.59. The molecular weight excluding hydrogens is 367 g/mol. The second-order valence-electron chi connectivity index (χ2n) is 8.51. The van der Waals surface area contributed by atoms with Crippen LogP contribution in [-0.4, -0.2) is 6.16 Å². The molecule has 0 spiro atoms. The average Bonchev–Trinajstić information content (AvgIpc) is 2.65. The van der Waals surface area contributed by atoms with Crippen LogP contribution in [0.1, 0.15) is 116 Å². The first-order valence-electron chi connectivity index (χ1n) is 11.5. The summed E-state index contributed by atoms with van der Waals surface area (Å²) in [6, 6.07) is 11.1. The van der Waals surface area contributed by atoms with E-state index < -0.39 is 0 Å². The van der Waals surface area contributed by atoms with Gasteiger partial charge in [0.15, 0.2) is 0 Å². The van der Waals surface area contributed by atoms with Crippen molar-refractivity contribution in [3.05, 3.63) is 35.9 Å². The number of benzene rings is 1. The van der Waals surface area contributed by atoms with Gasteiger partial charge in [-0.2, -0.15) is 0 Å². The van der Waals surface area contributed by atoms with E-state index in [2.05, 4.69) is 51.1 Å². The molecule has 0 aliphatic heterocycles. The third kappa shape index (κ3) is 14.6. The molecular formula is C25H46ClP. The van der Waals surface area contributed by atoms with E-state index in [0.29, 0.717) is 5.16 Å². The minimum atomic E-state index is 0. The molecule has 0 saturated heterocycles. The van der Waals surface area contributed by atoms with Gasteiger partial charge >= 0.3 is 0 Å². The molecule has 1 unspecified atom stereocenters. The molecule has 1 aromatic carbocycles. The van der Waals surface area contributed by atoms with Gasteiger partial charge in [-0.05, 0) is 18.1 Å². The number of unbranched alkanes of at least 4 members (excludes halogenated alkanes) is 13. The van der Waals surface area contributed by atoms with Gasteiger partial charge < -0.3 is 0 Å². The van der Waals surface area contributed by atoms with Gasteiger partial charge in [-0.3, -0.25) is 0 Å². The molecule has 0 bridgehead atoms. The Bertz CT molecular complexity index is 416. The summed E-state index contributed by atoms with van der Waals surface area (Å²) in [5.74, 6) is 0. The average molecular weight is 413 g/mol. The summed E-state index contributed by atoms with van der Waals surface area (Å²) < 4.78 is 0. The highest BCUT2D eigenvalue weighted by atomic mass is 35.5. The van der Waals surface area contributed by atoms with Crippen LogP contribution in [0.5, 0.6) is 0 Å². The maximum Gasteiger partial charge on any atom is 0.00698 e. The zero-order chi connectivity index (χ0) is 18.9. The zero-order valence-corrected chi connectivity index (χ0v) is 20.2. The molecule has 0 heterocycles. The lowest BCUT2D eigenvalue weighted by atomic mass is 10.0. The topological polar surface area (TPSA) is 0 Å². The van der Waals surface area contributed by atoms with Crippen LogP contribution in [0.25, 0.3) is 0 Å². The van der Waals surface area contributed by atoms with Gasteiger partial charge in [0, 0.05) is 5.16 Å². The molecule has 0 fully saturated rings. The normalized spacial score (nSPS) is 11.8. The molecule has 27 heavy (non-hydrogen) atoms. The smallest absolute Gasteiger partial charge is 0.00698 e. The lowest BCUT2D eigenvalue weighted by Gasteiger charge is -2.25. The summed E-state index contributed by atoms with van der Waals surface area (Å²) >= 11 is 0. The molecule has 1 rings (SSSR count). The van der Waals surface area contributed by atoms with Crippen LogP contribution in [0.4, 0.5) is 0 Å². The number of hydrogen-bond acceptors (Lipinski definition) is 0. The predicted molar refractivity (Wildman–Crippen MR) is 130 cm³/mol. The van der Waals surface area contributed by atoms with Crippen molar-refractivity contribution in [3.63, 3.8) is 0 Å². The van der Waals surface area contributed by atoms with E-state index in [0.717, 1.165) is 8.58 Å². The van der Waals surface area contributed by atoms with Crippen LogP contribution in [0, 0.1) is 0 Å². The first kappa shape index (κ1) is 26.9. The Morgan fingerprint density at radius 2 is 1.04 bits per heavy atom. The van der Waals surface area contributed by atoms with Crippen LogP contribution in [-0.2, 0) is 5.16 Å². The third-order valence-corrected chi connectivity index (χ3v) is 7.37. The van der Waals surface area contributed by atoms with Crippen molar-refractivity contribution in [2.45, 2.75) is 116 Å². The molecule has 0 radical (unpaired) electrons. The minimum absolute atomic E-state index is 0. The SMILES string of the molecule is CCCCCCCCCCCCCCCCPC(C)(C)c1ccccc1.Cl. The summed E-state index contributed by atoms with van der Waals surface area (Å²) in [4.78, 5) is 0. The van der Waals surface area contributed by atoms with Crippen LogP contribution in [0.2, 0.25) is 0 Å². The van der Waals surface area contributed by atoms with Gasteiger partial charge in [0.2, 0.25) is 0 Å². The Balaban J connectivity index is 0.00000676. The molecule has 158 valence electrons. The standard InChI is InChI=1S/C25H45P.ClH/c1-4-5-6-7-8-9-10-11-12-13-14-15-16-20-23-26-25(2,3)24-21-18-17-19-22-24;/h17-19,21-22,26H,4-16,20,23H2,1-3H3;1H. The quantitative estimate of drug-likeness (QED) is 0.176. The van der Waals surface area contributed by atoms with E-state index in [1.807, 2.05) is 0 Å². The van der Waals surface area contributed by atoms with E-state index >= 15 is 0 Å². The molecule has 1 atom stereocenters. The monoisotopic (exact) mass is 412 g/mol. The molecule has 2 heteroatoms. The Morgan fingerprint density at radius 1 is 0.630 bits per heavy atom. The Kier molecular flexibility index (Phi) is 18.0. The summed E-state index contributed by atoms with van der Waals surface area (Å²) in [5.41, 5.74) is 1.50. The van der Waals surface area contributed by atoms with Crippen molar-refractivity contribution < 1.29 is 0 Å². The highest BCUT2D eigenvalue weighted by Gasteiger charge is 2.19. The predicted octanol–water partition coefficient (Wildman–Crippen LogP) is 9.50. The maximum absolute atomic E-state index is 2.41. The fraction of sp³-hybridized carbons (Fsp3) is 0.760. The van der Waals surface area contributed by atoms with Crippen molar-refractivity contribution >= 4 is 21.0 Å². The summed E-state index contributed by atoms with van der Waals surface area (Å²) in [6.45, 7) is 7.11. The maximum atomic E-state index is 2.41. The van der Waals surface area contributed by atoms with E-state index in [9.17, 15) is 0 Å². The van der Waals surface area contributed by atoms with Crippen LogP contribution < -0.4 is 0 Å². The lowest BCUT2D eigenvalue weighted by Crippen LogP contribution is -2.10. The molecule has 0 nitrogen and oxygen atoms in total. The van der Waals surface area contributed by atoms with E-state index in [1.165, 1.54) is 102 Å².